The highest BCUT2D eigenvalue weighted by Gasteiger charge is 2.32. The van der Waals surface area contributed by atoms with Crippen molar-refractivity contribution in [2.24, 2.45) is 0 Å². The van der Waals surface area contributed by atoms with E-state index in [-0.39, 0.29) is 19.0 Å². The zero-order valence-electron chi connectivity index (χ0n) is 16.7. The lowest BCUT2D eigenvalue weighted by Crippen LogP contribution is -2.33. The summed E-state index contributed by atoms with van der Waals surface area (Å²) in [6, 6.07) is 14.2. The summed E-state index contributed by atoms with van der Waals surface area (Å²) in [5, 5.41) is 14.3. The number of carbonyl (C=O) groups excluding carboxylic acids is 2. The van der Waals surface area contributed by atoms with Gasteiger partial charge < -0.3 is 15.4 Å². The lowest BCUT2D eigenvalue weighted by molar-refractivity contribution is -0.119. The molecule has 1 heterocycles. The predicted molar refractivity (Wildman–Crippen MR) is 110 cm³/mol. The smallest absolute Gasteiger partial charge is 0.414 e. The molecule has 7 nitrogen and oxygen atoms in total. The van der Waals surface area contributed by atoms with Crippen molar-refractivity contribution < 1.29 is 18.7 Å². The van der Waals surface area contributed by atoms with Gasteiger partial charge in [-0.3, -0.25) is 9.69 Å². The first kappa shape index (κ1) is 21.3. The molecule has 1 aliphatic heterocycles. The van der Waals surface area contributed by atoms with Crippen molar-refractivity contribution in [2.45, 2.75) is 26.0 Å². The zero-order valence-corrected chi connectivity index (χ0v) is 16.7. The second-order valence-corrected chi connectivity index (χ2v) is 7.00. The minimum atomic E-state index is -0.564. The van der Waals surface area contributed by atoms with E-state index in [1.165, 1.54) is 17.9 Å². The number of hydrogen-bond donors (Lipinski definition) is 2. The van der Waals surface area contributed by atoms with Gasteiger partial charge in [0.1, 0.15) is 11.9 Å². The average Bonchev–Trinajstić information content (AvgIpc) is 3.11. The van der Waals surface area contributed by atoms with Crippen LogP contribution in [-0.4, -0.2) is 37.7 Å². The zero-order chi connectivity index (χ0) is 21.5. The van der Waals surface area contributed by atoms with Crippen LogP contribution in [0.5, 0.6) is 0 Å². The van der Waals surface area contributed by atoms with Gasteiger partial charge in [0.2, 0.25) is 5.91 Å². The highest BCUT2D eigenvalue weighted by molar-refractivity contribution is 5.90. The fourth-order valence-electron chi connectivity index (χ4n) is 3.18. The molecule has 156 valence electrons. The Bertz CT molecular complexity index is 956. The van der Waals surface area contributed by atoms with E-state index in [1.54, 1.807) is 12.1 Å². The molecule has 1 atom stereocenters. The Morgan fingerprint density at radius 3 is 2.73 bits per heavy atom. The third-order valence-corrected chi connectivity index (χ3v) is 4.72. The van der Waals surface area contributed by atoms with E-state index in [9.17, 15) is 14.0 Å². The first-order valence-corrected chi connectivity index (χ1v) is 9.67. The molecule has 1 fully saturated rings. The molecule has 2 aromatic carbocycles. The molecule has 2 amide bonds. The van der Waals surface area contributed by atoms with Crippen molar-refractivity contribution in [1.82, 2.24) is 10.6 Å². The predicted octanol–water partition coefficient (Wildman–Crippen LogP) is 2.96. The molecule has 0 unspecified atom stereocenters. The largest absolute Gasteiger partial charge is 0.442 e. The molecule has 0 bridgehead atoms. The maximum absolute atomic E-state index is 14.8. The lowest BCUT2D eigenvalue weighted by Gasteiger charge is -2.15. The molecule has 0 aromatic heterocycles. The topological polar surface area (TPSA) is 94.5 Å². The standard InChI is InChI=1S/C22H23FN4O3/c1-15(28)26-13-19-14-27(22(29)30-19)18-7-8-20(21(23)11-18)17-5-3-16(4-6-17)12-25-10-2-9-24/h3-8,11,19,25H,2,10,12-14H2,1H3,(H,26,28)/t19-/m0/s1. The number of rotatable bonds is 8. The van der Waals surface area contributed by atoms with Gasteiger partial charge >= 0.3 is 6.09 Å². The molecule has 0 saturated carbocycles. The van der Waals surface area contributed by atoms with Gasteiger partial charge in [0.05, 0.1) is 24.8 Å². The van der Waals surface area contributed by atoms with Crippen molar-refractivity contribution in [1.29, 1.82) is 5.26 Å². The van der Waals surface area contributed by atoms with E-state index < -0.39 is 18.0 Å². The van der Waals surface area contributed by atoms with Crippen LogP contribution in [-0.2, 0) is 16.1 Å². The van der Waals surface area contributed by atoms with Crippen LogP contribution in [0.1, 0.15) is 18.9 Å². The van der Waals surface area contributed by atoms with Gasteiger partial charge in [0.25, 0.3) is 0 Å². The van der Waals surface area contributed by atoms with Gasteiger partial charge in [-0.1, -0.05) is 24.3 Å². The Kier molecular flexibility index (Phi) is 6.99. The quantitative estimate of drug-likeness (QED) is 0.653. The summed E-state index contributed by atoms with van der Waals surface area (Å²) in [6.45, 7) is 3.11. The fraction of sp³-hybridized carbons (Fsp3) is 0.318. The molecular weight excluding hydrogens is 387 g/mol. The molecular formula is C22H23FN4O3. The van der Waals surface area contributed by atoms with E-state index in [1.807, 2.05) is 24.3 Å². The van der Waals surface area contributed by atoms with E-state index >= 15 is 0 Å². The highest BCUT2D eigenvalue weighted by Crippen LogP contribution is 2.29. The van der Waals surface area contributed by atoms with Gasteiger partial charge in [-0.25, -0.2) is 9.18 Å². The third-order valence-electron chi connectivity index (χ3n) is 4.72. The van der Waals surface area contributed by atoms with Crippen LogP contribution in [0.25, 0.3) is 11.1 Å². The molecule has 0 spiro atoms. The molecule has 2 aromatic rings. The summed E-state index contributed by atoms with van der Waals surface area (Å²) in [7, 11) is 0. The van der Waals surface area contributed by atoms with Gasteiger partial charge in [-0.2, -0.15) is 5.26 Å². The molecule has 8 heteroatoms. The van der Waals surface area contributed by atoms with Crippen LogP contribution in [0.3, 0.4) is 0 Å². The molecule has 3 rings (SSSR count). The second-order valence-electron chi connectivity index (χ2n) is 7.00. The fourth-order valence-corrected chi connectivity index (χ4v) is 3.18. The number of benzene rings is 2. The molecule has 0 radical (unpaired) electrons. The number of nitrogens with one attached hydrogen (secondary N) is 2. The van der Waals surface area contributed by atoms with Crippen LogP contribution in [0.4, 0.5) is 14.9 Å². The minimum absolute atomic E-state index is 0.205. The Hall–Kier alpha value is -3.44. The summed E-state index contributed by atoms with van der Waals surface area (Å²) in [6.07, 6.45) is -0.585. The third kappa shape index (κ3) is 5.33. The van der Waals surface area contributed by atoms with Crippen LogP contribution in [0, 0.1) is 17.1 Å². The molecule has 2 N–H and O–H groups in total. The summed E-state index contributed by atoms with van der Waals surface area (Å²) >= 11 is 0. The number of halogens is 1. The Morgan fingerprint density at radius 2 is 2.07 bits per heavy atom. The van der Waals surface area contributed by atoms with Crippen molar-refractivity contribution >= 4 is 17.7 Å². The minimum Gasteiger partial charge on any atom is -0.442 e. The van der Waals surface area contributed by atoms with Crippen LogP contribution >= 0.6 is 0 Å². The average molecular weight is 410 g/mol. The van der Waals surface area contributed by atoms with Crippen LogP contribution < -0.4 is 15.5 Å². The number of amides is 2. The number of carbonyl (C=O) groups is 2. The Morgan fingerprint density at radius 1 is 1.30 bits per heavy atom. The second kappa shape index (κ2) is 9.85. The van der Waals surface area contributed by atoms with Crippen LogP contribution in [0.2, 0.25) is 0 Å². The van der Waals surface area contributed by atoms with E-state index in [4.69, 9.17) is 10.00 Å². The van der Waals surface area contributed by atoms with Gasteiger partial charge in [0.15, 0.2) is 0 Å². The maximum atomic E-state index is 14.8. The van der Waals surface area contributed by atoms with Crippen molar-refractivity contribution in [3.63, 3.8) is 0 Å². The first-order valence-electron chi connectivity index (χ1n) is 9.67. The molecule has 0 aliphatic carbocycles. The van der Waals surface area contributed by atoms with Crippen molar-refractivity contribution in [3.8, 4) is 17.2 Å². The maximum Gasteiger partial charge on any atom is 0.414 e. The highest BCUT2D eigenvalue weighted by atomic mass is 19.1. The number of cyclic esters (lactones) is 1. The normalized spacial score (nSPS) is 15.6. The molecule has 30 heavy (non-hydrogen) atoms. The van der Waals surface area contributed by atoms with Crippen molar-refractivity contribution in [3.05, 3.63) is 53.8 Å². The number of anilines is 1. The summed E-state index contributed by atoms with van der Waals surface area (Å²) in [4.78, 5) is 24.5. The molecule has 1 aliphatic rings. The first-order chi connectivity index (χ1) is 14.5. The Balaban J connectivity index is 1.66. The summed E-state index contributed by atoms with van der Waals surface area (Å²) in [5.74, 6) is -0.644. The van der Waals surface area contributed by atoms with Crippen LogP contribution in [0.15, 0.2) is 42.5 Å². The summed E-state index contributed by atoms with van der Waals surface area (Å²) in [5.41, 5.74) is 2.61. The van der Waals surface area contributed by atoms with Gasteiger partial charge in [-0.15, -0.1) is 0 Å². The Labute approximate surface area is 174 Å². The lowest BCUT2D eigenvalue weighted by atomic mass is 10.0. The van der Waals surface area contributed by atoms with Crippen molar-refractivity contribution in [2.75, 3.05) is 24.5 Å². The number of nitrogens with zero attached hydrogens (tertiary/aromatic N) is 2. The van der Waals surface area contributed by atoms with Gasteiger partial charge in [0, 0.05) is 32.0 Å². The monoisotopic (exact) mass is 410 g/mol. The number of nitriles is 1. The number of ether oxygens (including phenoxy) is 1. The van der Waals surface area contributed by atoms with Gasteiger partial charge in [-0.05, 0) is 29.3 Å². The SMILES string of the molecule is CC(=O)NC[C@H]1CN(c2ccc(-c3ccc(CNCCC#N)cc3)c(F)c2)C(=O)O1. The van der Waals surface area contributed by atoms with E-state index in [0.717, 1.165) is 11.1 Å². The van der Waals surface area contributed by atoms with E-state index in [2.05, 4.69) is 16.7 Å². The van der Waals surface area contributed by atoms with E-state index in [0.29, 0.717) is 30.8 Å². The summed E-state index contributed by atoms with van der Waals surface area (Å²) < 4.78 is 20.0. The molecule has 1 saturated heterocycles. The number of hydrogen-bond acceptors (Lipinski definition) is 5.